The minimum absolute atomic E-state index is 0.124. The zero-order valence-corrected chi connectivity index (χ0v) is 21.8. The number of rotatable bonds is 10. The summed E-state index contributed by atoms with van der Waals surface area (Å²) < 4.78 is 5.39. The Kier molecular flexibility index (Phi) is 10.2. The topological polar surface area (TPSA) is 89.8 Å². The van der Waals surface area contributed by atoms with Gasteiger partial charge in [0.25, 0.3) is 5.91 Å². The molecule has 0 heterocycles. The summed E-state index contributed by atoms with van der Waals surface area (Å²) in [4.78, 5) is 19.4. The van der Waals surface area contributed by atoms with Gasteiger partial charge < -0.3 is 20.3 Å². The Morgan fingerprint density at radius 1 is 1.08 bits per heavy atom. The lowest BCUT2D eigenvalue weighted by molar-refractivity contribution is 0.0932. The highest BCUT2D eigenvalue weighted by molar-refractivity contribution is 5.97. The molecule has 1 amide bonds. The van der Waals surface area contributed by atoms with Gasteiger partial charge in [-0.2, -0.15) is 5.26 Å². The molecule has 192 valence electrons. The van der Waals surface area contributed by atoms with E-state index in [0.717, 1.165) is 51.6 Å². The van der Waals surface area contributed by atoms with Crippen LogP contribution in [0.4, 0.5) is 0 Å². The molecule has 1 saturated carbocycles. The van der Waals surface area contributed by atoms with E-state index in [9.17, 15) is 10.1 Å². The van der Waals surface area contributed by atoms with Gasteiger partial charge in [-0.05, 0) is 56.2 Å². The smallest absolute Gasteiger partial charge is 0.255 e. The number of nitriles is 1. The minimum atomic E-state index is -0.157. The normalized spacial score (nSPS) is 19.7. The first-order chi connectivity index (χ1) is 17.6. The van der Waals surface area contributed by atoms with E-state index in [0.29, 0.717) is 23.8 Å². The Labute approximate surface area is 215 Å². The highest BCUT2D eigenvalue weighted by Crippen LogP contribution is 2.39. The number of hydrogen-bond donors (Lipinski definition) is 2. The monoisotopic (exact) mass is 489 g/mol. The largest absolute Gasteiger partial charge is 0.496 e. The van der Waals surface area contributed by atoms with E-state index in [2.05, 4.69) is 58.6 Å². The lowest BCUT2D eigenvalue weighted by Crippen LogP contribution is -2.51. The number of aliphatic imine (C=N–C) groups is 1. The molecule has 7 heteroatoms. The van der Waals surface area contributed by atoms with Crippen molar-refractivity contribution in [3.63, 3.8) is 0 Å². The van der Waals surface area contributed by atoms with Gasteiger partial charge in [-0.1, -0.05) is 56.3 Å². The quantitative estimate of drug-likeness (QED) is 0.283. The van der Waals surface area contributed by atoms with Gasteiger partial charge in [0.2, 0.25) is 12.2 Å². The highest BCUT2D eigenvalue weighted by atomic mass is 16.5. The number of ether oxygens (including phenoxy) is 1. The average Bonchev–Trinajstić information content (AvgIpc) is 2.92. The SMILES string of the molecule is CCCN(CCC)/C(=N\C#N)NC1CCC(CNC(=O)c2ccccc2OC)(c2ccccc2)CC1. The maximum atomic E-state index is 13.1. The molecule has 0 saturated heterocycles. The fourth-order valence-corrected chi connectivity index (χ4v) is 5.14. The maximum absolute atomic E-state index is 13.1. The molecule has 0 bridgehead atoms. The molecule has 0 aliphatic heterocycles. The zero-order chi connectivity index (χ0) is 25.8. The van der Waals surface area contributed by atoms with Crippen LogP contribution in [-0.2, 0) is 5.41 Å². The van der Waals surface area contributed by atoms with Crippen molar-refractivity contribution in [3.8, 4) is 11.9 Å². The van der Waals surface area contributed by atoms with Crippen molar-refractivity contribution in [2.45, 2.75) is 63.8 Å². The van der Waals surface area contributed by atoms with Crippen LogP contribution in [0.15, 0.2) is 59.6 Å². The summed E-state index contributed by atoms with van der Waals surface area (Å²) in [5.74, 6) is 1.13. The van der Waals surface area contributed by atoms with E-state index < -0.39 is 0 Å². The van der Waals surface area contributed by atoms with Crippen LogP contribution in [0.2, 0.25) is 0 Å². The number of methoxy groups -OCH3 is 1. The Hall–Kier alpha value is -3.53. The number of nitrogens with zero attached hydrogens (tertiary/aromatic N) is 3. The fraction of sp³-hybridized carbons (Fsp3) is 0.483. The zero-order valence-electron chi connectivity index (χ0n) is 21.8. The first kappa shape index (κ1) is 27.1. The third-order valence-corrected chi connectivity index (χ3v) is 7.04. The van der Waals surface area contributed by atoms with Gasteiger partial charge in [0.15, 0.2) is 0 Å². The summed E-state index contributed by atoms with van der Waals surface area (Å²) in [6.07, 6.45) is 7.67. The number of carbonyl (C=O) groups is 1. The van der Waals surface area contributed by atoms with E-state index in [1.54, 1.807) is 19.2 Å². The maximum Gasteiger partial charge on any atom is 0.255 e. The average molecular weight is 490 g/mol. The molecule has 0 unspecified atom stereocenters. The lowest BCUT2D eigenvalue weighted by atomic mass is 9.68. The summed E-state index contributed by atoms with van der Waals surface area (Å²) in [7, 11) is 1.58. The molecule has 2 N–H and O–H groups in total. The molecule has 0 radical (unpaired) electrons. The van der Waals surface area contributed by atoms with Gasteiger partial charge in [0, 0.05) is 31.1 Å². The molecule has 1 fully saturated rings. The van der Waals surface area contributed by atoms with Gasteiger partial charge in [-0.25, -0.2) is 0 Å². The molecular weight excluding hydrogens is 450 g/mol. The summed E-state index contributed by atoms with van der Waals surface area (Å²) in [6, 6.07) is 18.0. The lowest BCUT2D eigenvalue weighted by Gasteiger charge is -2.42. The van der Waals surface area contributed by atoms with E-state index in [1.165, 1.54) is 5.56 Å². The number of benzene rings is 2. The first-order valence-electron chi connectivity index (χ1n) is 13.0. The van der Waals surface area contributed by atoms with Gasteiger partial charge in [-0.15, -0.1) is 4.99 Å². The Morgan fingerprint density at radius 2 is 1.72 bits per heavy atom. The molecule has 2 aromatic rings. The predicted molar refractivity (Wildman–Crippen MR) is 144 cm³/mol. The van der Waals surface area contributed by atoms with E-state index in [1.807, 2.05) is 24.4 Å². The molecular formula is C29H39N5O2. The van der Waals surface area contributed by atoms with Crippen molar-refractivity contribution in [1.82, 2.24) is 15.5 Å². The molecule has 1 aliphatic rings. The molecule has 2 aromatic carbocycles. The molecule has 0 atom stereocenters. The van der Waals surface area contributed by atoms with E-state index >= 15 is 0 Å². The Bertz CT molecular complexity index is 1030. The van der Waals surface area contributed by atoms with Crippen LogP contribution < -0.4 is 15.4 Å². The summed E-state index contributed by atoms with van der Waals surface area (Å²) in [6.45, 7) is 6.58. The highest BCUT2D eigenvalue weighted by Gasteiger charge is 2.38. The molecule has 0 spiro atoms. The minimum Gasteiger partial charge on any atom is -0.496 e. The van der Waals surface area contributed by atoms with Gasteiger partial charge >= 0.3 is 0 Å². The van der Waals surface area contributed by atoms with Crippen molar-refractivity contribution in [1.29, 1.82) is 5.26 Å². The second kappa shape index (κ2) is 13.5. The predicted octanol–water partition coefficient (Wildman–Crippen LogP) is 4.85. The molecule has 0 aromatic heterocycles. The second-order valence-electron chi connectivity index (χ2n) is 9.47. The third kappa shape index (κ3) is 6.78. The van der Waals surface area contributed by atoms with Crippen LogP contribution >= 0.6 is 0 Å². The van der Waals surface area contributed by atoms with Crippen molar-refractivity contribution in [2.75, 3.05) is 26.7 Å². The summed E-state index contributed by atoms with van der Waals surface area (Å²) in [5, 5.41) is 16.1. The van der Waals surface area contributed by atoms with Crippen LogP contribution in [-0.4, -0.2) is 49.6 Å². The fourth-order valence-electron chi connectivity index (χ4n) is 5.14. The van der Waals surface area contributed by atoms with Gasteiger partial charge in [0.1, 0.15) is 5.75 Å². The van der Waals surface area contributed by atoms with Gasteiger partial charge in [-0.3, -0.25) is 4.79 Å². The van der Waals surface area contributed by atoms with Crippen LogP contribution in [0.1, 0.15) is 68.3 Å². The van der Waals surface area contributed by atoms with Crippen LogP contribution in [0.25, 0.3) is 0 Å². The second-order valence-corrected chi connectivity index (χ2v) is 9.47. The van der Waals surface area contributed by atoms with Crippen LogP contribution in [0.3, 0.4) is 0 Å². The van der Waals surface area contributed by atoms with Crippen molar-refractivity contribution in [2.24, 2.45) is 4.99 Å². The third-order valence-electron chi connectivity index (χ3n) is 7.04. The molecule has 3 rings (SSSR count). The van der Waals surface area contributed by atoms with Crippen LogP contribution in [0.5, 0.6) is 5.75 Å². The van der Waals surface area contributed by atoms with E-state index in [4.69, 9.17) is 4.74 Å². The number of nitrogens with one attached hydrogen (secondary N) is 2. The first-order valence-corrected chi connectivity index (χ1v) is 13.0. The number of carbonyl (C=O) groups excluding carboxylic acids is 1. The number of para-hydroxylation sites is 1. The number of amides is 1. The van der Waals surface area contributed by atoms with Crippen molar-refractivity contribution < 1.29 is 9.53 Å². The molecule has 1 aliphatic carbocycles. The number of guanidine groups is 1. The molecule has 7 nitrogen and oxygen atoms in total. The van der Waals surface area contributed by atoms with Crippen molar-refractivity contribution >= 4 is 11.9 Å². The standard InChI is InChI=1S/C29H39N5O2/c1-4-19-34(20-5-2)28(32-22-30)33-24-15-17-29(18-16-24,23-11-7-6-8-12-23)21-31-27(35)25-13-9-10-14-26(25)36-3/h6-14,24H,4-5,15-21H2,1-3H3,(H,31,35)(H,32,33). The Morgan fingerprint density at radius 3 is 2.33 bits per heavy atom. The Balaban J connectivity index is 1.73. The summed E-state index contributed by atoms with van der Waals surface area (Å²) >= 11 is 0. The van der Waals surface area contributed by atoms with E-state index in [-0.39, 0.29) is 17.4 Å². The van der Waals surface area contributed by atoms with Crippen LogP contribution in [0, 0.1) is 11.5 Å². The van der Waals surface area contributed by atoms with Crippen molar-refractivity contribution in [3.05, 3.63) is 65.7 Å². The number of hydrogen-bond acceptors (Lipinski definition) is 4. The summed E-state index contributed by atoms with van der Waals surface area (Å²) in [5.41, 5.74) is 1.63. The molecule has 36 heavy (non-hydrogen) atoms. The van der Waals surface area contributed by atoms with Gasteiger partial charge in [0.05, 0.1) is 12.7 Å².